The summed E-state index contributed by atoms with van der Waals surface area (Å²) in [5.74, 6) is -0.846. The molecule has 1 aliphatic rings. The van der Waals surface area contributed by atoms with Crippen molar-refractivity contribution >= 4 is 40.0 Å². The lowest BCUT2D eigenvalue weighted by Gasteiger charge is -2.22. The van der Waals surface area contributed by atoms with Crippen molar-refractivity contribution in [3.8, 4) is 11.3 Å². The number of amides is 2. The van der Waals surface area contributed by atoms with Crippen LogP contribution in [0.25, 0.3) is 11.3 Å². The molecule has 0 spiro atoms. The molecule has 2 aromatic carbocycles. The van der Waals surface area contributed by atoms with Crippen molar-refractivity contribution in [2.45, 2.75) is 6.04 Å². The molecule has 0 radical (unpaired) electrons. The summed E-state index contributed by atoms with van der Waals surface area (Å²) in [6.07, 6.45) is 0. The summed E-state index contributed by atoms with van der Waals surface area (Å²) in [7, 11) is 0. The maximum Gasteiger partial charge on any atom is 0.255 e. The van der Waals surface area contributed by atoms with Gasteiger partial charge in [0.25, 0.3) is 5.91 Å². The van der Waals surface area contributed by atoms with Crippen LogP contribution in [0.4, 0.5) is 13.9 Å². The summed E-state index contributed by atoms with van der Waals surface area (Å²) in [6, 6.07) is 11.3. The third kappa shape index (κ3) is 4.15. The fourth-order valence-corrected chi connectivity index (χ4v) is 4.81. The van der Waals surface area contributed by atoms with Crippen molar-refractivity contribution in [3.05, 3.63) is 71.1 Å². The molecule has 0 aliphatic carbocycles. The first-order valence-corrected chi connectivity index (χ1v) is 10.7. The number of aromatic nitrogens is 1. The van der Waals surface area contributed by atoms with Gasteiger partial charge in [0.05, 0.1) is 11.6 Å². The van der Waals surface area contributed by atoms with Gasteiger partial charge >= 0.3 is 0 Å². The Hall–Kier alpha value is -2.78. The van der Waals surface area contributed by atoms with Gasteiger partial charge in [-0.25, -0.2) is 13.8 Å². The molecule has 148 valence electrons. The predicted octanol–water partition coefficient (Wildman–Crippen LogP) is 4.24. The van der Waals surface area contributed by atoms with Crippen molar-refractivity contribution in [1.29, 1.82) is 0 Å². The molecule has 3 aromatic rings. The van der Waals surface area contributed by atoms with E-state index in [2.05, 4.69) is 10.3 Å². The molecule has 1 N–H and O–H groups in total. The fraction of sp³-hybridized carbons (Fsp3) is 0.150. The second-order valence-corrected chi connectivity index (χ2v) is 8.17. The lowest BCUT2D eigenvalue weighted by atomic mass is 10.1. The van der Waals surface area contributed by atoms with Gasteiger partial charge in [0, 0.05) is 22.3 Å². The molecule has 9 heteroatoms. The number of rotatable bonds is 4. The third-order valence-corrected chi connectivity index (χ3v) is 6.18. The Balaban J connectivity index is 1.49. The molecule has 5 nitrogen and oxygen atoms in total. The standard InChI is InChI=1S/C20H15F2N3O2S2/c21-13-6-7-15(22)14(8-13)16-9-29-20(23-16)24-18(26)17-10-28-11-25(17)19(27)12-4-2-1-3-5-12/h1-9,17H,10-11H2,(H,23,24,26)/t17-/m0/s1. The lowest BCUT2D eigenvalue weighted by Crippen LogP contribution is -2.44. The minimum Gasteiger partial charge on any atom is -0.316 e. The molecule has 29 heavy (non-hydrogen) atoms. The molecule has 0 saturated carbocycles. The van der Waals surface area contributed by atoms with Crippen molar-refractivity contribution in [2.24, 2.45) is 0 Å². The topological polar surface area (TPSA) is 62.3 Å². The van der Waals surface area contributed by atoms with Crippen molar-refractivity contribution in [2.75, 3.05) is 16.9 Å². The summed E-state index contributed by atoms with van der Waals surface area (Å²) in [6.45, 7) is 0. The Morgan fingerprint density at radius 3 is 2.72 bits per heavy atom. The summed E-state index contributed by atoms with van der Waals surface area (Å²) in [4.78, 5) is 31.2. The Labute approximate surface area is 173 Å². The molecular weight excluding hydrogens is 416 g/mol. The van der Waals surface area contributed by atoms with E-state index in [1.165, 1.54) is 16.7 Å². The first kappa shape index (κ1) is 19.5. The number of anilines is 1. The molecular formula is C20H15F2N3O2S2. The molecule has 2 heterocycles. The van der Waals surface area contributed by atoms with E-state index in [1.54, 1.807) is 29.6 Å². The van der Waals surface area contributed by atoms with E-state index < -0.39 is 17.7 Å². The number of thioether (sulfide) groups is 1. The van der Waals surface area contributed by atoms with Gasteiger partial charge in [0.1, 0.15) is 17.7 Å². The van der Waals surface area contributed by atoms with E-state index in [9.17, 15) is 18.4 Å². The van der Waals surface area contributed by atoms with Crippen LogP contribution < -0.4 is 5.32 Å². The highest BCUT2D eigenvalue weighted by Crippen LogP contribution is 2.29. The van der Waals surface area contributed by atoms with Crippen LogP contribution in [-0.4, -0.2) is 39.4 Å². The van der Waals surface area contributed by atoms with Crippen LogP contribution in [0.2, 0.25) is 0 Å². The van der Waals surface area contributed by atoms with Crippen LogP contribution in [0.5, 0.6) is 0 Å². The number of hydrogen-bond donors (Lipinski definition) is 1. The second-order valence-electron chi connectivity index (χ2n) is 6.31. The number of thiazole rings is 1. The quantitative estimate of drug-likeness (QED) is 0.671. The van der Waals surface area contributed by atoms with Crippen LogP contribution >= 0.6 is 23.1 Å². The summed E-state index contributed by atoms with van der Waals surface area (Å²) >= 11 is 2.60. The SMILES string of the molecule is O=C(Nc1nc(-c2cc(F)ccc2F)cs1)[C@@H]1CSCN1C(=O)c1ccccc1. The number of nitrogens with zero attached hydrogens (tertiary/aromatic N) is 2. The molecule has 1 saturated heterocycles. The van der Waals surface area contributed by atoms with Crippen LogP contribution in [0.3, 0.4) is 0 Å². The third-order valence-electron chi connectivity index (χ3n) is 4.41. The lowest BCUT2D eigenvalue weighted by molar-refractivity contribution is -0.119. The highest BCUT2D eigenvalue weighted by Gasteiger charge is 2.35. The minimum atomic E-state index is -0.633. The number of hydrogen-bond acceptors (Lipinski definition) is 5. The number of carbonyl (C=O) groups is 2. The van der Waals surface area contributed by atoms with Crippen LogP contribution in [0, 0.1) is 11.6 Å². The van der Waals surface area contributed by atoms with E-state index in [4.69, 9.17) is 0 Å². The van der Waals surface area contributed by atoms with E-state index in [0.29, 0.717) is 17.2 Å². The zero-order valence-corrected chi connectivity index (χ0v) is 16.6. The van der Waals surface area contributed by atoms with E-state index in [-0.39, 0.29) is 28.2 Å². The number of benzene rings is 2. The van der Waals surface area contributed by atoms with Gasteiger partial charge < -0.3 is 10.2 Å². The molecule has 1 atom stereocenters. The van der Waals surface area contributed by atoms with E-state index in [1.807, 2.05) is 6.07 Å². The maximum atomic E-state index is 13.9. The Kier molecular flexibility index (Phi) is 5.59. The van der Waals surface area contributed by atoms with Gasteiger partial charge in [-0.1, -0.05) is 18.2 Å². The first-order valence-electron chi connectivity index (χ1n) is 8.68. The Bertz CT molecular complexity index is 1060. The highest BCUT2D eigenvalue weighted by atomic mass is 32.2. The highest BCUT2D eigenvalue weighted by molar-refractivity contribution is 7.99. The van der Waals surface area contributed by atoms with Crippen molar-refractivity contribution in [3.63, 3.8) is 0 Å². The normalized spacial score (nSPS) is 16.1. The largest absolute Gasteiger partial charge is 0.316 e. The molecule has 2 amide bonds. The summed E-state index contributed by atoms with van der Waals surface area (Å²) in [5, 5.41) is 4.50. The summed E-state index contributed by atoms with van der Waals surface area (Å²) < 4.78 is 27.4. The van der Waals surface area contributed by atoms with Crippen LogP contribution in [0.15, 0.2) is 53.9 Å². The summed E-state index contributed by atoms with van der Waals surface area (Å²) in [5.41, 5.74) is 0.783. The van der Waals surface area contributed by atoms with Crippen molar-refractivity contribution in [1.82, 2.24) is 9.88 Å². The average molecular weight is 431 g/mol. The molecule has 1 fully saturated rings. The zero-order valence-electron chi connectivity index (χ0n) is 15.0. The monoisotopic (exact) mass is 431 g/mol. The zero-order chi connectivity index (χ0) is 20.4. The van der Waals surface area contributed by atoms with Gasteiger partial charge in [-0.3, -0.25) is 9.59 Å². The van der Waals surface area contributed by atoms with Crippen LogP contribution in [-0.2, 0) is 4.79 Å². The second kappa shape index (κ2) is 8.30. The van der Waals surface area contributed by atoms with E-state index >= 15 is 0 Å². The van der Waals surface area contributed by atoms with Gasteiger partial charge in [0.2, 0.25) is 5.91 Å². The van der Waals surface area contributed by atoms with Gasteiger partial charge in [-0.05, 0) is 30.3 Å². The molecule has 0 bridgehead atoms. The maximum absolute atomic E-state index is 13.9. The molecule has 1 aliphatic heterocycles. The van der Waals surface area contributed by atoms with Gasteiger partial charge in [-0.2, -0.15) is 0 Å². The Morgan fingerprint density at radius 1 is 1.14 bits per heavy atom. The van der Waals surface area contributed by atoms with Gasteiger partial charge in [-0.15, -0.1) is 23.1 Å². The van der Waals surface area contributed by atoms with Gasteiger partial charge in [0.15, 0.2) is 5.13 Å². The van der Waals surface area contributed by atoms with E-state index in [0.717, 1.165) is 29.5 Å². The number of carbonyl (C=O) groups excluding carboxylic acids is 2. The first-order chi connectivity index (χ1) is 14.0. The van der Waals surface area contributed by atoms with Crippen molar-refractivity contribution < 1.29 is 18.4 Å². The average Bonchev–Trinajstić information content (AvgIpc) is 3.39. The Morgan fingerprint density at radius 2 is 1.93 bits per heavy atom. The molecule has 0 unspecified atom stereocenters. The fourth-order valence-electron chi connectivity index (χ4n) is 2.94. The predicted molar refractivity (Wildman–Crippen MR) is 110 cm³/mol. The number of halogens is 2. The van der Waals surface area contributed by atoms with Crippen LogP contribution in [0.1, 0.15) is 10.4 Å². The smallest absolute Gasteiger partial charge is 0.255 e. The molecule has 4 rings (SSSR count). The minimum absolute atomic E-state index is 0.0269. The number of nitrogens with one attached hydrogen (secondary N) is 1. The molecule has 1 aromatic heterocycles.